The van der Waals surface area contributed by atoms with Crippen molar-refractivity contribution in [1.82, 2.24) is 9.62 Å². The van der Waals surface area contributed by atoms with Crippen LogP contribution in [0.15, 0.2) is 47.4 Å². The molecular weight excluding hydrogens is 396 g/mol. The van der Waals surface area contributed by atoms with Gasteiger partial charge in [-0.05, 0) is 62.2 Å². The summed E-state index contributed by atoms with van der Waals surface area (Å²) in [7, 11) is -3.82. The van der Waals surface area contributed by atoms with Crippen LogP contribution in [0.4, 0.5) is 14.5 Å². The van der Waals surface area contributed by atoms with Gasteiger partial charge in [-0.3, -0.25) is 4.90 Å². The van der Waals surface area contributed by atoms with Crippen molar-refractivity contribution in [3.8, 4) is 0 Å². The van der Waals surface area contributed by atoms with Crippen LogP contribution in [-0.2, 0) is 10.0 Å². The molecule has 1 aliphatic rings. The highest BCUT2D eigenvalue weighted by molar-refractivity contribution is 7.89. The Morgan fingerprint density at radius 1 is 0.966 bits per heavy atom. The molecule has 1 fully saturated rings. The first-order valence-corrected chi connectivity index (χ1v) is 11.3. The fraction of sp³-hybridized carbons (Fsp3) is 0.429. The first kappa shape index (κ1) is 21.7. The van der Waals surface area contributed by atoms with Crippen molar-refractivity contribution in [2.24, 2.45) is 0 Å². The molecule has 3 rings (SSSR count). The zero-order valence-corrected chi connectivity index (χ0v) is 17.4. The van der Waals surface area contributed by atoms with Crippen molar-refractivity contribution in [1.29, 1.82) is 0 Å². The van der Waals surface area contributed by atoms with Gasteiger partial charge in [0.2, 0.25) is 10.0 Å². The molecule has 1 saturated heterocycles. The minimum absolute atomic E-state index is 0.260. The molecule has 1 aliphatic heterocycles. The van der Waals surface area contributed by atoms with Crippen LogP contribution in [0.5, 0.6) is 0 Å². The molecule has 0 atom stereocenters. The highest BCUT2D eigenvalue weighted by Crippen LogP contribution is 2.18. The summed E-state index contributed by atoms with van der Waals surface area (Å²) in [5.74, 6) is -2.23. The molecule has 0 radical (unpaired) electrons. The summed E-state index contributed by atoms with van der Waals surface area (Å²) >= 11 is 0. The quantitative estimate of drug-likeness (QED) is 0.663. The Kier molecular flexibility index (Phi) is 7.21. The minimum Gasteiger partial charge on any atom is -0.369 e. The second-order valence-electron chi connectivity index (χ2n) is 7.35. The molecule has 0 spiro atoms. The summed E-state index contributed by atoms with van der Waals surface area (Å²) < 4.78 is 52.9. The van der Waals surface area contributed by atoms with Gasteiger partial charge in [-0.1, -0.05) is 12.1 Å². The number of anilines is 1. The fourth-order valence-corrected chi connectivity index (χ4v) is 4.53. The molecule has 158 valence electrons. The van der Waals surface area contributed by atoms with Crippen LogP contribution in [0.3, 0.4) is 0 Å². The molecule has 5 nitrogen and oxygen atoms in total. The lowest BCUT2D eigenvalue weighted by Crippen LogP contribution is -2.46. The molecule has 0 aromatic heterocycles. The summed E-state index contributed by atoms with van der Waals surface area (Å²) in [4.78, 5) is 4.51. The second kappa shape index (κ2) is 9.65. The zero-order valence-electron chi connectivity index (χ0n) is 16.6. The molecule has 29 heavy (non-hydrogen) atoms. The van der Waals surface area contributed by atoms with E-state index < -0.39 is 21.7 Å². The molecular formula is C21H27F2N3O2S. The predicted octanol–water partition coefficient (Wildman–Crippen LogP) is 3.15. The van der Waals surface area contributed by atoms with Crippen LogP contribution in [-0.4, -0.2) is 52.6 Å². The van der Waals surface area contributed by atoms with Gasteiger partial charge in [0, 0.05) is 38.4 Å². The number of rotatable bonds is 8. The number of sulfonamides is 1. The Balaban J connectivity index is 1.36. The Morgan fingerprint density at radius 3 is 2.41 bits per heavy atom. The molecule has 1 heterocycles. The molecule has 2 aromatic rings. The fourth-order valence-electron chi connectivity index (χ4n) is 3.45. The molecule has 1 N–H and O–H groups in total. The number of hydrogen-bond acceptors (Lipinski definition) is 4. The lowest BCUT2D eigenvalue weighted by Gasteiger charge is -2.36. The average Bonchev–Trinajstić information content (AvgIpc) is 2.70. The number of nitrogens with zero attached hydrogens (tertiary/aromatic N) is 2. The van der Waals surface area contributed by atoms with E-state index in [1.54, 1.807) is 0 Å². The van der Waals surface area contributed by atoms with E-state index in [2.05, 4.69) is 45.7 Å². The van der Waals surface area contributed by atoms with Crippen LogP contribution >= 0.6 is 0 Å². The van der Waals surface area contributed by atoms with Gasteiger partial charge in [0.1, 0.15) is 0 Å². The van der Waals surface area contributed by atoms with Crippen LogP contribution in [0.2, 0.25) is 0 Å². The van der Waals surface area contributed by atoms with E-state index in [0.717, 1.165) is 51.3 Å². The van der Waals surface area contributed by atoms with E-state index in [1.807, 2.05) is 0 Å². The minimum atomic E-state index is -3.82. The first-order valence-electron chi connectivity index (χ1n) is 9.84. The van der Waals surface area contributed by atoms with Crippen LogP contribution in [0, 0.1) is 18.6 Å². The highest BCUT2D eigenvalue weighted by atomic mass is 32.2. The molecule has 0 saturated carbocycles. The predicted molar refractivity (Wildman–Crippen MR) is 111 cm³/mol. The summed E-state index contributed by atoms with van der Waals surface area (Å²) in [6, 6.07) is 11.1. The Labute approximate surface area is 171 Å². The smallest absolute Gasteiger partial charge is 0.240 e. The topological polar surface area (TPSA) is 52.6 Å². The Morgan fingerprint density at radius 2 is 1.72 bits per heavy atom. The number of halogens is 2. The Hall–Kier alpha value is -2.03. The van der Waals surface area contributed by atoms with Crippen molar-refractivity contribution in [3.05, 3.63) is 59.7 Å². The van der Waals surface area contributed by atoms with Crippen molar-refractivity contribution >= 4 is 15.7 Å². The van der Waals surface area contributed by atoms with Gasteiger partial charge in [0.15, 0.2) is 11.6 Å². The molecule has 0 amide bonds. The second-order valence-corrected chi connectivity index (χ2v) is 9.12. The third kappa shape index (κ3) is 5.98. The molecule has 0 bridgehead atoms. The average molecular weight is 424 g/mol. The standard InChI is InChI=1S/C21H27F2N3O2S/c1-17-5-4-6-18(15-17)26-13-11-25(12-14-26)10-3-2-9-24-29(27,28)19-7-8-20(22)21(23)16-19/h4-8,15-16,24H,2-3,9-14H2,1H3. The van der Waals surface area contributed by atoms with Gasteiger partial charge in [0.05, 0.1) is 4.90 Å². The summed E-state index contributed by atoms with van der Waals surface area (Å²) in [5.41, 5.74) is 2.52. The lowest BCUT2D eigenvalue weighted by molar-refractivity contribution is 0.253. The third-order valence-electron chi connectivity index (χ3n) is 5.13. The van der Waals surface area contributed by atoms with E-state index in [9.17, 15) is 17.2 Å². The van der Waals surface area contributed by atoms with E-state index in [4.69, 9.17) is 0 Å². The van der Waals surface area contributed by atoms with Gasteiger partial charge in [0.25, 0.3) is 0 Å². The number of aryl methyl sites for hydroxylation is 1. The molecule has 8 heteroatoms. The van der Waals surface area contributed by atoms with Crippen molar-refractivity contribution in [3.63, 3.8) is 0 Å². The van der Waals surface area contributed by atoms with Crippen molar-refractivity contribution in [2.45, 2.75) is 24.7 Å². The van der Waals surface area contributed by atoms with Crippen molar-refractivity contribution < 1.29 is 17.2 Å². The number of nitrogens with one attached hydrogen (secondary N) is 1. The maximum absolute atomic E-state index is 13.2. The van der Waals surface area contributed by atoms with Gasteiger partial charge in [-0.2, -0.15) is 0 Å². The first-order chi connectivity index (χ1) is 13.8. The highest BCUT2D eigenvalue weighted by Gasteiger charge is 2.18. The monoisotopic (exact) mass is 423 g/mol. The maximum Gasteiger partial charge on any atom is 0.240 e. The SMILES string of the molecule is Cc1cccc(N2CCN(CCCCNS(=O)(=O)c3ccc(F)c(F)c3)CC2)c1. The van der Waals surface area contributed by atoms with Crippen LogP contribution in [0.1, 0.15) is 18.4 Å². The van der Waals surface area contributed by atoms with Crippen LogP contribution < -0.4 is 9.62 Å². The number of unbranched alkanes of at least 4 members (excludes halogenated alkanes) is 1. The van der Waals surface area contributed by atoms with E-state index in [1.165, 1.54) is 11.3 Å². The van der Waals surface area contributed by atoms with E-state index in [0.29, 0.717) is 12.5 Å². The summed E-state index contributed by atoms with van der Waals surface area (Å²) in [6.45, 7) is 7.20. The van der Waals surface area contributed by atoms with Gasteiger partial charge in [-0.25, -0.2) is 21.9 Å². The summed E-state index contributed by atoms with van der Waals surface area (Å²) in [6.07, 6.45) is 1.55. The van der Waals surface area contributed by atoms with E-state index >= 15 is 0 Å². The van der Waals surface area contributed by atoms with Gasteiger partial charge >= 0.3 is 0 Å². The molecule has 0 unspecified atom stereocenters. The third-order valence-corrected chi connectivity index (χ3v) is 6.59. The number of benzene rings is 2. The number of piperazine rings is 1. The summed E-state index contributed by atoms with van der Waals surface area (Å²) in [5, 5.41) is 0. The van der Waals surface area contributed by atoms with Gasteiger partial charge in [-0.15, -0.1) is 0 Å². The molecule has 0 aliphatic carbocycles. The normalized spacial score (nSPS) is 15.6. The van der Waals surface area contributed by atoms with Crippen molar-refractivity contribution in [2.75, 3.05) is 44.2 Å². The van der Waals surface area contributed by atoms with Gasteiger partial charge < -0.3 is 4.90 Å². The van der Waals surface area contributed by atoms with Crippen LogP contribution in [0.25, 0.3) is 0 Å². The largest absolute Gasteiger partial charge is 0.369 e. The maximum atomic E-state index is 13.2. The lowest BCUT2D eigenvalue weighted by atomic mass is 10.2. The zero-order chi connectivity index (χ0) is 20.9. The van der Waals surface area contributed by atoms with E-state index in [-0.39, 0.29) is 11.4 Å². The molecule has 2 aromatic carbocycles. The number of hydrogen-bond donors (Lipinski definition) is 1. The Bertz CT molecular complexity index is 929.